The predicted molar refractivity (Wildman–Crippen MR) is 92.8 cm³/mol. The van der Waals surface area contributed by atoms with Gasteiger partial charge in [-0.15, -0.1) is 0 Å². The van der Waals surface area contributed by atoms with Crippen LogP contribution in [0.25, 0.3) is 0 Å². The topological polar surface area (TPSA) is 70.0 Å². The molecule has 0 fully saturated rings. The van der Waals surface area contributed by atoms with E-state index in [0.717, 1.165) is 0 Å². The van der Waals surface area contributed by atoms with E-state index in [1.807, 2.05) is 13.8 Å². The largest absolute Gasteiger partial charge is 0.491 e. The molecule has 0 aliphatic rings. The summed E-state index contributed by atoms with van der Waals surface area (Å²) >= 11 is 0. The fraction of sp³-hybridized carbons (Fsp3) is 0.588. The van der Waals surface area contributed by atoms with E-state index in [-0.39, 0.29) is 5.91 Å². The number of rotatable bonds is 7. The molecule has 23 heavy (non-hydrogen) atoms. The first-order valence-electron chi connectivity index (χ1n) is 8.01. The maximum Gasteiger partial charge on any atom is 0.491 e. The maximum atomic E-state index is 12.2. The van der Waals surface area contributed by atoms with Crippen LogP contribution >= 0.6 is 0 Å². The van der Waals surface area contributed by atoms with Gasteiger partial charge in [-0.25, -0.2) is 0 Å². The quantitative estimate of drug-likeness (QED) is 0.745. The zero-order valence-electron chi connectivity index (χ0n) is 15.0. The number of nitrogens with zero attached hydrogens (tertiary/aromatic N) is 1. The van der Waals surface area contributed by atoms with Crippen molar-refractivity contribution in [2.75, 3.05) is 13.1 Å². The van der Waals surface area contributed by atoms with E-state index in [4.69, 9.17) is 4.65 Å². The summed E-state index contributed by atoms with van der Waals surface area (Å²) in [5.41, 5.74) is -0.917. The van der Waals surface area contributed by atoms with E-state index in [1.54, 1.807) is 56.9 Å². The zero-order valence-corrected chi connectivity index (χ0v) is 15.0. The standard InChI is InChI=1S/C17H28BNO4/c1-7-19(8-2)15(20)13-9-11-14(12-10-13)18(22)23-17(5,6)16(3,4)21/h9-12,21-22H,7-8H2,1-6H3. The average molecular weight is 321 g/mol. The Kier molecular flexibility index (Phi) is 6.39. The third-order valence-corrected chi connectivity index (χ3v) is 4.37. The van der Waals surface area contributed by atoms with Crippen molar-refractivity contribution in [1.29, 1.82) is 0 Å². The molecule has 0 saturated heterocycles. The number of hydrogen-bond acceptors (Lipinski definition) is 4. The molecule has 0 heterocycles. The molecule has 128 valence electrons. The van der Waals surface area contributed by atoms with E-state index in [2.05, 4.69) is 0 Å². The van der Waals surface area contributed by atoms with Crippen LogP contribution in [0.3, 0.4) is 0 Å². The van der Waals surface area contributed by atoms with Gasteiger partial charge in [-0.2, -0.15) is 0 Å². The molecule has 5 nitrogen and oxygen atoms in total. The van der Waals surface area contributed by atoms with Crippen LogP contribution in [-0.2, 0) is 4.65 Å². The van der Waals surface area contributed by atoms with Gasteiger partial charge in [0.1, 0.15) is 0 Å². The Balaban J connectivity index is 2.86. The zero-order chi connectivity index (χ0) is 17.8. The van der Waals surface area contributed by atoms with Crippen LogP contribution in [0.15, 0.2) is 24.3 Å². The Labute approximate surface area is 139 Å². The molecule has 0 unspecified atom stereocenters. The highest BCUT2D eigenvalue weighted by Crippen LogP contribution is 2.25. The van der Waals surface area contributed by atoms with Crippen LogP contribution in [0, 0.1) is 0 Å². The summed E-state index contributed by atoms with van der Waals surface area (Å²) in [6, 6.07) is 6.70. The Morgan fingerprint density at radius 1 is 1.13 bits per heavy atom. The third kappa shape index (κ3) is 4.80. The number of aliphatic hydroxyl groups is 1. The van der Waals surface area contributed by atoms with Crippen LogP contribution in [0.4, 0.5) is 0 Å². The monoisotopic (exact) mass is 321 g/mol. The molecule has 2 N–H and O–H groups in total. The second-order valence-corrected chi connectivity index (χ2v) is 6.64. The van der Waals surface area contributed by atoms with E-state index in [1.165, 1.54) is 0 Å². The van der Waals surface area contributed by atoms with Gasteiger partial charge in [0.05, 0.1) is 11.2 Å². The molecule has 1 aromatic rings. The van der Waals surface area contributed by atoms with Crippen molar-refractivity contribution in [3.63, 3.8) is 0 Å². The van der Waals surface area contributed by atoms with Gasteiger partial charge in [-0.05, 0) is 59.1 Å². The number of amides is 1. The minimum Gasteiger partial charge on any atom is -0.423 e. The van der Waals surface area contributed by atoms with Crippen LogP contribution in [0.1, 0.15) is 51.9 Å². The first-order valence-corrected chi connectivity index (χ1v) is 8.01. The molecule has 0 saturated carbocycles. The van der Waals surface area contributed by atoms with E-state index < -0.39 is 18.3 Å². The van der Waals surface area contributed by atoms with Gasteiger partial charge in [0, 0.05) is 18.7 Å². The summed E-state index contributed by atoms with van der Waals surface area (Å²) in [5.74, 6) is -0.0335. The van der Waals surface area contributed by atoms with Crippen molar-refractivity contribution in [3.05, 3.63) is 29.8 Å². The summed E-state index contributed by atoms with van der Waals surface area (Å²) in [5, 5.41) is 20.3. The SMILES string of the molecule is CCN(CC)C(=O)c1ccc(B(O)OC(C)(C)C(C)(C)O)cc1. The van der Waals surface area contributed by atoms with Gasteiger partial charge in [-0.1, -0.05) is 12.1 Å². The first-order chi connectivity index (χ1) is 10.5. The van der Waals surface area contributed by atoms with Gasteiger partial charge < -0.3 is 19.7 Å². The smallest absolute Gasteiger partial charge is 0.423 e. The van der Waals surface area contributed by atoms with Gasteiger partial charge in [0.2, 0.25) is 0 Å². The average Bonchev–Trinajstić information content (AvgIpc) is 2.47. The van der Waals surface area contributed by atoms with Crippen molar-refractivity contribution >= 4 is 18.5 Å². The minimum absolute atomic E-state index is 0.0335. The third-order valence-electron chi connectivity index (χ3n) is 4.37. The summed E-state index contributed by atoms with van der Waals surface area (Å²) in [7, 11) is -1.17. The molecule has 6 heteroatoms. The van der Waals surface area contributed by atoms with Crippen LogP contribution in [0.5, 0.6) is 0 Å². The molecule has 0 atom stereocenters. The lowest BCUT2D eigenvalue weighted by atomic mass is 9.76. The predicted octanol–water partition coefficient (Wildman–Crippen LogP) is 1.42. The lowest BCUT2D eigenvalue weighted by Gasteiger charge is -2.38. The Hall–Kier alpha value is -1.37. The number of carbonyl (C=O) groups excluding carboxylic acids is 1. The molecule has 1 rings (SSSR count). The van der Waals surface area contributed by atoms with Crippen LogP contribution in [0.2, 0.25) is 0 Å². The van der Waals surface area contributed by atoms with Gasteiger partial charge >= 0.3 is 7.12 Å². The highest BCUT2D eigenvalue weighted by atomic mass is 16.5. The summed E-state index contributed by atoms with van der Waals surface area (Å²) in [6.07, 6.45) is 0. The van der Waals surface area contributed by atoms with Crippen molar-refractivity contribution in [1.82, 2.24) is 4.90 Å². The lowest BCUT2D eigenvalue weighted by Crippen LogP contribution is -2.53. The van der Waals surface area contributed by atoms with Crippen molar-refractivity contribution in [2.45, 2.75) is 52.7 Å². The number of carbonyl (C=O) groups is 1. The fourth-order valence-electron chi connectivity index (χ4n) is 1.98. The summed E-state index contributed by atoms with van der Waals surface area (Å²) in [4.78, 5) is 14.0. The van der Waals surface area contributed by atoms with E-state index in [0.29, 0.717) is 24.1 Å². The molecule has 0 spiro atoms. The Morgan fingerprint density at radius 2 is 1.61 bits per heavy atom. The fourth-order valence-corrected chi connectivity index (χ4v) is 1.98. The molecular weight excluding hydrogens is 293 g/mol. The molecule has 0 bridgehead atoms. The van der Waals surface area contributed by atoms with E-state index in [9.17, 15) is 14.9 Å². The minimum atomic E-state index is -1.17. The molecule has 1 aromatic carbocycles. The normalized spacial score (nSPS) is 12.2. The van der Waals surface area contributed by atoms with Gasteiger partial charge in [0.15, 0.2) is 0 Å². The second kappa shape index (κ2) is 7.47. The van der Waals surface area contributed by atoms with Crippen LogP contribution < -0.4 is 5.46 Å². The van der Waals surface area contributed by atoms with Crippen molar-refractivity contribution in [2.24, 2.45) is 0 Å². The maximum absolute atomic E-state index is 12.2. The summed E-state index contributed by atoms with van der Waals surface area (Å²) in [6.45, 7) is 11.9. The first kappa shape index (κ1) is 19.7. The number of hydrogen-bond donors (Lipinski definition) is 2. The molecule has 0 radical (unpaired) electrons. The van der Waals surface area contributed by atoms with Gasteiger partial charge in [0.25, 0.3) is 5.91 Å². The number of benzene rings is 1. The Bertz CT molecular complexity index is 518. The molecular formula is C17H28BNO4. The molecule has 1 amide bonds. The second-order valence-electron chi connectivity index (χ2n) is 6.64. The molecule has 0 aromatic heterocycles. The Morgan fingerprint density at radius 3 is 2.00 bits per heavy atom. The van der Waals surface area contributed by atoms with Crippen LogP contribution in [-0.4, -0.2) is 52.3 Å². The van der Waals surface area contributed by atoms with Crippen molar-refractivity contribution in [3.8, 4) is 0 Å². The van der Waals surface area contributed by atoms with Crippen molar-refractivity contribution < 1.29 is 19.6 Å². The van der Waals surface area contributed by atoms with Gasteiger partial charge in [-0.3, -0.25) is 4.79 Å². The molecule has 0 aliphatic carbocycles. The highest BCUT2D eigenvalue weighted by Gasteiger charge is 2.39. The molecule has 0 aliphatic heterocycles. The lowest BCUT2D eigenvalue weighted by molar-refractivity contribution is -0.0982. The highest BCUT2D eigenvalue weighted by molar-refractivity contribution is 6.60. The van der Waals surface area contributed by atoms with E-state index >= 15 is 0 Å². The summed E-state index contributed by atoms with van der Waals surface area (Å²) < 4.78 is 5.59.